The van der Waals surface area contributed by atoms with E-state index in [2.05, 4.69) is 54.0 Å². The van der Waals surface area contributed by atoms with E-state index < -0.39 is 20.0 Å². The van der Waals surface area contributed by atoms with Crippen molar-refractivity contribution in [3.63, 3.8) is 0 Å². The molecule has 2 saturated heterocycles. The lowest BCUT2D eigenvalue weighted by Gasteiger charge is -2.48. The molecule has 47 heavy (non-hydrogen) atoms. The number of carbonyl (C=O) groups excluding carboxylic acids is 1. The molecule has 0 atom stereocenters. The van der Waals surface area contributed by atoms with Gasteiger partial charge in [-0.25, -0.2) is 14.8 Å². The second-order valence-corrected chi connectivity index (χ2v) is 19.6. The van der Waals surface area contributed by atoms with Crippen molar-refractivity contribution in [2.75, 3.05) is 50.8 Å². The number of piperazine rings is 1. The third-order valence-corrected chi connectivity index (χ3v) is 14.3. The molecule has 3 N–H and O–H groups in total. The SMILES string of the molecule is CC(C)(C)[Si](C)(C)OC1(COC(N)=O)CCN(Cc2cc(Oc3ccc(N4CCNCC4)nc3)nc(-c3cc(Cl)cc(Cl)c3)c2)CC1. The highest BCUT2D eigenvalue weighted by Gasteiger charge is 2.46. The summed E-state index contributed by atoms with van der Waals surface area (Å²) >= 11 is 12.7. The highest BCUT2D eigenvalue weighted by Crippen LogP contribution is 2.42. The summed E-state index contributed by atoms with van der Waals surface area (Å²) in [6, 6.07) is 13.3. The quantitative estimate of drug-likeness (QED) is 0.214. The van der Waals surface area contributed by atoms with E-state index >= 15 is 0 Å². The van der Waals surface area contributed by atoms with Crippen molar-refractivity contribution in [2.24, 2.45) is 5.73 Å². The number of nitrogens with one attached hydrogen (secondary N) is 1. The average Bonchev–Trinajstić information content (AvgIpc) is 3.01. The van der Waals surface area contributed by atoms with Crippen LogP contribution in [0.25, 0.3) is 11.3 Å². The number of halogens is 2. The molecular weight excluding hydrogens is 655 g/mol. The maximum Gasteiger partial charge on any atom is 0.404 e. The van der Waals surface area contributed by atoms with Gasteiger partial charge in [-0.05, 0) is 72.9 Å². The Morgan fingerprint density at radius 2 is 1.70 bits per heavy atom. The highest BCUT2D eigenvalue weighted by atomic mass is 35.5. The fourth-order valence-corrected chi connectivity index (χ4v) is 7.91. The van der Waals surface area contributed by atoms with E-state index in [4.69, 9.17) is 47.8 Å². The second kappa shape index (κ2) is 14.7. The molecule has 0 aliphatic carbocycles. The largest absolute Gasteiger partial charge is 0.447 e. The molecule has 1 amide bonds. The van der Waals surface area contributed by atoms with E-state index in [0.29, 0.717) is 46.8 Å². The Morgan fingerprint density at radius 3 is 2.30 bits per heavy atom. The van der Waals surface area contributed by atoms with Gasteiger partial charge in [0, 0.05) is 67.5 Å². The number of anilines is 1. The molecule has 3 aromatic rings. The van der Waals surface area contributed by atoms with Crippen LogP contribution < -0.4 is 20.7 Å². The number of likely N-dealkylation sites (tertiary alicyclic amines) is 1. The monoisotopic (exact) mass is 700 g/mol. The molecule has 0 bridgehead atoms. The number of nitrogens with zero attached hydrogens (tertiary/aromatic N) is 4. The van der Waals surface area contributed by atoms with Gasteiger partial charge in [0.1, 0.15) is 18.2 Å². The molecule has 0 spiro atoms. The zero-order valence-corrected chi connectivity index (χ0v) is 30.5. The minimum atomic E-state index is -2.15. The van der Waals surface area contributed by atoms with Crippen LogP contribution in [0.4, 0.5) is 10.6 Å². The van der Waals surface area contributed by atoms with Gasteiger partial charge in [-0.2, -0.15) is 0 Å². The van der Waals surface area contributed by atoms with Gasteiger partial charge in [-0.15, -0.1) is 0 Å². The number of aromatic nitrogens is 2. The summed E-state index contributed by atoms with van der Waals surface area (Å²) in [5.74, 6) is 1.98. The lowest BCUT2D eigenvalue weighted by Crippen LogP contribution is -2.56. The number of rotatable bonds is 10. The van der Waals surface area contributed by atoms with E-state index in [-0.39, 0.29) is 11.6 Å². The van der Waals surface area contributed by atoms with Crippen LogP contribution in [0, 0.1) is 0 Å². The van der Waals surface area contributed by atoms with Crippen LogP contribution >= 0.6 is 23.2 Å². The molecule has 0 radical (unpaired) electrons. The van der Waals surface area contributed by atoms with Crippen molar-refractivity contribution in [2.45, 2.75) is 63.9 Å². The molecule has 2 aromatic heterocycles. The van der Waals surface area contributed by atoms with Crippen LogP contribution in [0.15, 0.2) is 48.7 Å². The smallest absolute Gasteiger partial charge is 0.404 e. The van der Waals surface area contributed by atoms with Crippen molar-refractivity contribution in [1.82, 2.24) is 20.2 Å². The zero-order valence-electron chi connectivity index (χ0n) is 27.9. The fourth-order valence-electron chi connectivity index (χ4n) is 5.74. The van der Waals surface area contributed by atoms with Crippen molar-refractivity contribution in [3.05, 3.63) is 64.3 Å². The first kappa shape index (κ1) is 35.4. The van der Waals surface area contributed by atoms with Crippen molar-refractivity contribution >= 4 is 43.4 Å². The topological polar surface area (TPSA) is 115 Å². The molecule has 10 nitrogen and oxygen atoms in total. The number of carbonyl (C=O) groups is 1. The van der Waals surface area contributed by atoms with Gasteiger partial charge in [0.2, 0.25) is 5.88 Å². The number of hydrogen-bond donors (Lipinski definition) is 2. The number of ether oxygens (including phenoxy) is 2. The summed E-state index contributed by atoms with van der Waals surface area (Å²) in [5.41, 5.74) is 7.33. The van der Waals surface area contributed by atoms with Crippen molar-refractivity contribution in [1.29, 1.82) is 0 Å². The second-order valence-electron chi connectivity index (χ2n) is 14.0. The molecule has 2 aliphatic rings. The van der Waals surface area contributed by atoms with Crippen LogP contribution in [0.1, 0.15) is 39.2 Å². The summed E-state index contributed by atoms with van der Waals surface area (Å²) < 4.78 is 18.6. The highest BCUT2D eigenvalue weighted by molar-refractivity contribution is 6.74. The van der Waals surface area contributed by atoms with Crippen LogP contribution in [-0.2, 0) is 15.7 Å². The number of benzene rings is 1. The first-order valence-electron chi connectivity index (χ1n) is 16.1. The molecule has 4 heterocycles. The molecule has 0 unspecified atom stereocenters. The average molecular weight is 702 g/mol. The molecule has 13 heteroatoms. The maximum absolute atomic E-state index is 11.6. The van der Waals surface area contributed by atoms with E-state index in [1.807, 2.05) is 36.4 Å². The van der Waals surface area contributed by atoms with Crippen molar-refractivity contribution in [3.8, 4) is 22.9 Å². The van der Waals surface area contributed by atoms with Crippen LogP contribution in [0.5, 0.6) is 11.6 Å². The number of nitrogens with two attached hydrogens (primary N) is 1. The van der Waals surface area contributed by atoms with E-state index in [0.717, 1.165) is 56.2 Å². The van der Waals surface area contributed by atoms with E-state index in [1.54, 1.807) is 12.3 Å². The minimum Gasteiger partial charge on any atom is -0.447 e. The molecule has 2 fully saturated rings. The van der Waals surface area contributed by atoms with Gasteiger partial charge in [-0.3, -0.25) is 4.90 Å². The Bertz CT molecular complexity index is 1520. The van der Waals surface area contributed by atoms with Gasteiger partial charge in [-0.1, -0.05) is 44.0 Å². The lowest BCUT2D eigenvalue weighted by atomic mass is 9.92. The van der Waals surface area contributed by atoms with Crippen LogP contribution in [0.3, 0.4) is 0 Å². The Labute approximate surface area is 289 Å². The first-order valence-corrected chi connectivity index (χ1v) is 19.8. The number of hydrogen-bond acceptors (Lipinski definition) is 9. The van der Waals surface area contributed by atoms with Crippen molar-refractivity contribution < 1.29 is 18.7 Å². The molecule has 254 valence electrons. The molecule has 0 saturated carbocycles. The zero-order chi connectivity index (χ0) is 33.8. The summed E-state index contributed by atoms with van der Waals surface area (Å²) in [5, 5.41) is 4.44. The summed E-state index contributed by atoms with van der Waals surface area (Å²) in [7, 11) is -2.15. The molecule has 2 aliphatic heterocycles. The van der Waals surface area contributed by atoms with Gasteiger partial charge in [0.15, 0.2) is 8.32 Å². The third kappa shape index (κ3) is 9.36. The number of pyridine rings is 2. The van der Waals surface area contributed by atoms with E-state index in [9.17, 15) is 4.79 Å². The summed E-state index contributed by atoms with van der Waals surface area (Å²) in [6.45, 7) is 17.1. The number of amides is 1. The number of primary amides is 1. The van der Waals surface area contributed by atoms with Crippen LogP contribution in [0.2, 0.25) is 28.2 Å². The summed E-state index contributed by atoms with van der Waals surface area (Å²) in [4.78, 5) is 25.7. The predicted molar refractivity (Wildman–Crippen MR) is 190 cm³/mol. The Hall–Kier alpha value is -2.93. The molecule has 5 rings (SSSR count). The Kier molecular flexibility index (Phi) is 11.0. The third-order valence-electron chi connectivity index (χ3n) is 9.33. The lowest BCUT2D eigenvalue weighted by molar-refractivity contribution is -0.0528. The normalized spacial score (nSPS) is 17.4. The van der Waals surface area contributed by atoms with Gasteiger partial charge in [0.05, 0.1) is 17.5 Å². The van der Waals surface area contributed by atoms with Gasteiger partial charge >= 0.3 is 6.09 Å². The Morgan fingerprint density at radius 1 is 1.02 bits per heavy atom. The molecule has 1 aromatic carbocycles. The first-order chi connectivity index (χ1) is 22.2. The van der Waals surface area contributed by atoms with E-state index in [1.165, 1.54) is 0 Å². The van der Waals surface area contributed by atoms with Gasteiger partial charge in [0.25, 0.3) is 0 Å². The fraction of sp³-hybridized carbons (Fsp3) is 0.500. The minimum absolute atomic E-state index is 0.0117. The predicted octanol–water partition coefficient (Wildman–Crippen LogP) is 7.10. The summed E-state index contributed by atoms with van der Waals surface area (Å²) in [6.07, 6.45) is 2.38. The maximum atomic E-state index is 11.6. The number of piperidine rings is 1. The Balaban J connectivity index is 1.36. The van der Waals surface area contributed by atoms with Gasteiger partial charge < -0.3 is 29.9 Å². The van der Waals surface area contributed by atoms with Crippen LogP contribution in [-0.4, -0.2) is 80.8 Å². The molecular formula is C34H46Cl2N6O4Si. The standard InChI is InChI=1S/C34H46Cl2N6O4Si/c1-33(2,3)47(4,5)46-34(23-44-32(37)43)8-12-41(13-9-34)22-24-16-29(25-18-26(35)20-27(36)19-25)40-31(17-24)45-28-6-7-30(39-21-28)42-14-10-38-11-15-42/h6-7,16-21,38H,8-15,22-23H2,1-5H3,(H2,37,43).